The predicted molar refractivity (Wildman–Crippen MR) is 43.4 cm³/mol. The first-order valence-corrected chi connectivity index (χ1v) is 4.06. The lowest BCUT2D eigenvalue weighted by atomic mass is 10.2. The number of phenolic OH excluding ortho intramolecular Hbond substituents is 1. The fourth-order valence-corrected chi connectivity index (χ4v) is 1.83. The van der Waals surface area contributed by atoms with Gasteiger partial charge in [-0.3, -0.25) is 0 Å². The zero-order valence-corrected chi connectivity index (χ0v) is 6.66. The van der Waals surface area contributed by atoms with Crippen molar-refractivity contribution >= 4 is 21.4 Å². The highest BCUT2D eigenvalue weighted by molar-refractivity contribution is 7.17. The van der Waals surface area contributed by atoms with E-state index in [1.165, 1.54) is 6.07 Å². The zero-order chi connectivity index (χ0) is 8.72. The Morgan fingerprint density at radius 3 is 2.75 bits per heavy atom. The molecular formula is C8H4F2OS. The van der Waals surface area contributed by atoms with Crippen LogP contribution in [-0.2, 0) is 0 Å². The molecule has 1 aromatic heterocycles. The van der Waals surface area contributed by atoms with E-state index >= 15 is 0 Å². The van der Waals surface area contributed by atoms with Crippen molar-refractivity contribution in [1.29, 1.82) is 0 Å². The van der Waals surface area contributed by atoms with Crippen LogP contribution in [0.1, 0.15) is 0 Å². The molecule has 0 aliphatic heterocycles. The molecule has 0 aliphatic rings. The van der Waals surface area contributed by atoms with Crippen molar-refractivity contribution in [2.45, 2.75) is 0 Å². The average Bonchev–Trinajstić information content (AvgIpc) is 2.39. The van der Waals surface area contributed by atoms with E-state index in [0.29, 0.717) is 4.70 Å². The van der Waals surface area contributed by atoms with Gasteiger partial charge in [0.05, 0.1) is 0 Å². The third-order valence-electron chi connectivity index (χ3n) is 1.59. The van der Waals surface area contributed by atoms with Gasteiger partial charge in [-0.15, -0.1) is 11.3 Å². The number of halogens is 2. The number of thiophene rings is 1. The van der Waals surface area contributed by atoms with Crippen LogP contribution >= 0.6 is 11.3 Å². The Morgan fingerprint density at radius 1 is 1.25 bits per heavy atom. The van der Waals surface area contributed by atoms with E-state index in [1.54, 1.807) is 0 Å². The summed E-state index contributed by atoms with van der Waals surface area (Å²) in [6.45, 7) is 0. The van der Waals surface area contributed by atoms with Crippen molar-refractivity contribution < 1.29 is 13.9 Å². The summed E-state index contributed by atoms with van der Waals surface area (Å²) in [6, 6.07) is 3.68. The van der Waals surface area contributed by atoms with Gasteiger partial charge in [0.2, 0.25) is 0 Å². The average molecular weight is 186 g/mol. The van der Waals surface area contributed by atoms with Crippen LogP contribution in [0.2, 0.25) is 0 Å². The highest BCUT2D eigenvalue weighted by atomic mass is 32.1. The maximum atomic E-state index is 12.7. The Kier molecular flexibility index (Phi) is 1.51. The van der Waals surface area contributed by atoms with Crippen LogP contribution < -0.4 is 0 Å². The van der Waals surface area contributed by atoms with Crippen molar-refractivity contribution in [3.63, 3.8) is 0 Å². The summed E-state index contributed by atoms with van der Waals surface area (Å²) in [6.07, 6.45) is 0. The second-order valence-electron chi connectivity index (χ2n) is 2.36. The van der Waals surface area contributed by atoms with Crippen molar-refractivity contribution in [3.8, 4) is 5.75 Å². The maximum absolute atomic E-state index is 12.7. The molecule has 62 valence electrons. The normalized spacial score (nSPS) is 10.8. The van der Waals surface area contributed by atoms with Gasteiger partial charge in [0.25, 0.3) is 0 Å². The third-order valence-corrected chi connectivity index (χ3v) is 2.48. The van der Waals surface area contributed by atoms with Gasteiger partial charge in [-0.2, -0.15) is 4.39 Å². The molecule has 4 heteroatoms. The van der Waals surface area contributed by atoms with Crippen LogP contribution in [0.3, 0.4) is 0 Å². The second kappa shape index (κ2) is 2.42. The first-order chi connectivity index (χ1) is 5.68. The molecule has 0 bridgehead atoms. The van der Waals surface area contributed by atoms with E-state index in [1.807, 2.05) is 0 Å². The molecule has 1 N–H and O–H groups in total. The van der Waals surface area contributed by atoms with E-state index in [4.69, 9.17) is 5.11 Å². The number of fused-ring (bicyclic) bond motifs is 1. The third kappa shape index (κ3) is 0.956. The molecule has 0 fully saturated rings. The molecule has 1 nitrogen and oxygen atoms in total. The molecule has 1 heterocycles. The van der Waals surface area contributed by atoms with E-state index in [9.17, 15) is 8.78 Å². The molecule has 0 atom stereocenters. The second-order valence-corrected chi connectivity index (χ2v) is 3.39. The van der Waals surface area contributed by atoms with Gasteiger partial charge < -0.3 is 5.11 Å². The van der Waals surface area contributed by atoms with Crippen LogP contribution in [0, 0.1) is 10.9 Å². The minimum absolute atomic E-state index is 0.234. The number of hydrogen-bond donors (Lipinski definition) is 1. The molecule has 2 rings (SSSR count). The lowest BCUT2D eigenvalue weighted by molar-refractivity contribution is 0.439. The summed E-state index contributed by atoms with van der Waals surface area (Å²) in [5, 5.41) is 8.95. The van der Waals surface area contributed by atoms with E-state index in [0.717, 1.165) is 23.5 Å². The minimum atomic E-state index is -0.722. The zero-order valence-electron chi connectivity index (χ0n) is 5.84. The molecule has 0 aliphatic carbocycles. The Morgan fingerprint density at radius 2 is 2.00 bits per heavy atom. The summed E-state index contributed by atoms with van der Waals surface area (Å²) in [7, 11) is 0. The molecule has 1 aromatic carbocycles. The highest BCUT2D eigenvalue weighted by Crippen LogP contribution is 2.32. The molecule has 0 unspecified atom stereocenters. The quantitative estimate of drug-likeness (QED) is 0.670. The molecule has 12 heavy (non-hydrogen) atoms. The fourth-order valence-electron chi connectivity index (χ4n) is 1.04. The lowest BCUT2D eigenvalue weighted by Crippen LogP contribution is -1.73. The van der Waals surface area contributed by atoms with Gasteiger partial charge >= 0.3 is 0 Å². The van der Waals surface area contributed by atoms with Gasteiger partial charge in [0.15, 0.2) is 16.7 Å². The largest absolute Gasteiger partial charge is 0.504 e. The number of hydrogen-bond acceptors (Lipinski definition) is 2. The van der Waals surface area contributed by atoms with E-state index in [2.05, 4.69) is 0 Å². The summed E-state index contributed by atoms with van der Waals surface area (Å²) >= 11 is 0.882. The topological polar surface area (TPSA) is 20.2 Å². The summed E-state index contributed by atoms with van der Waals surface area (Å²) in [5.41, 5.74) is 0. The van der Waals surface area contributed by atoms with Crippen LogP contribution in [0.5, 0.6) is 5.75 Å². The van der Waals surface area contributed by atoms with E-state index < -0.39 is 16.7 Å². The standard InChI is InChI=1S/C8H4F2OS/c9-5-1-2-6-4(8(5)11)3-7(10)12-6/h1-3,11H. The SMILES string of the molecule is Oc1c(F)ccc2sc(F)cc12. The number of rotatable bonds is 0. The van der Waals surface area contributed by atoms with Crippen LogP contribution in [0.15, 0.2) is 18.2 Å². The van der Waals surface area contributed by atoms with Gasteiger partial charge in [-0.1, -0.05) is 0 Å². The Hall–Kier alpha value is -1.16. The fraction of sp³-hybridized carbons (Fsp3) is 0. The van der Waals surface area contributed by atoms with Crippen LogP contribution in [0.4, 0.5) is 8.78 Å². The predicted octanol–water partition coefficient (Wildman–Crippen LogP) is 2.89. The highest BCUT2D eigenvalue weighted by Gasteiger charge is 2.08. The molecule has 0 spiro atoms. The smallest absolute Gasteiger partial charge is 0.177 e. The van der Waals surface area contributed by atoms with Gasteiger partial charge in [-0.25, -0.2) is 4.39 Å². The van der Waals surface area contributed by atoms with Gasteiger partial charge in [-0.05, 0) is 18.2 Å². The van der Waals surface area contributed by atoms with Crippen molar-refractivity contribution in [2.75, 3.05) is 0 Å². The molecule has 0 saturated heterocycles. The molecule has 0 saturated carbocycles. The van der Waals surface area contributed by atoms with Crippen molar-refractivity contribution in [2.24, 2.45) is 0 Å². The first kappa shape index (κ1) is 7.49. The van der Waals surface area contributed by atoms with Crippen LogP contribution in [0.25, 0.3) is 10.1 Å². The van der Waals surface area contributed by atoms with Crippen molar-refractivity contribution in [1.82, 2.24) is 0 Å². The summed E-state index contributed by atoms with van der Waals surface area (Å²) < 4.78 is 25.9. The van der Waals surface area contributed by atoms with Crippen molar-refractivity contribution in [3.05, 3.63) is 29.1 Å². The number of phenols is 1. The molecular weight excluding hydrogens is 182 g/mol. The van der Waals surface area contributed by atoms with Gasteiger partial charge in [0, 0.05) is 10.1 Å². The Balaban J connectivity index is 2.89. The number of benzene rings is 1. The first-order valence-electron chi connectivity index (χ1n) is 3.25. The molecule has 2 aromatic rings. The lowest BCUT2D eigenvalue weighted by Gasteiger charge is -1.94. The van der Waals surface area contributed by atoms with Gasteiger partial charge in [0.1, 0.15) is 0 Å². The Labute approximate surface area is 70.9 Å². The van der Waals surface area contributed by atoms with E-state index in [-0.39, 0.29) is 5.39 Å². The maximum Gasteiger partial charge on any atom is 0.177 e. The van der Waals surface area contributed by atoms with Crippen LogP contribution in [-0.4, -0.2) is 5.11 Å². The monoisotopic (exact) mass is 186 g/mol. The minimum Gasteiger partial charge on any atom is -0.504 e. The molecule has 0 amide bonds. The molecule has 0 radical (unpaired) electrons. The summed E-state index contributed by atoms with van der Waals surface area (Å²) in [5.74, 6) is -1.20. The summed E-state index contributed by atoms with van der Waals surface area (Å²) in [4.78, 5) is 0. The number of aromatic hydroxyl groups is 1. The Bertz CT molecular complexity index is 436.